The summed E-state index contributed by atoms with van der Waals surface area (Å²) in [6.07, 6.45) is -4.93. The second-order valence-electron chi connectivity index (χ2n) is 5.88. The van der Waals surface area contributed by atoms with Crippen molar-refractivity contribution >= 4 is 29.0 Å². The van der Waals surface area contributed by atoms with Crippen molar-refractivity contribution in [1.82, 2.24) is 4.98 Å². The molecule has 0 unspecified atom stereocenters. The standard InChI is InChI=1S/C12H15BF3NO3S/c1-6-8(13-19-10(2,3)11(4,5)20-13)21-9(17-6)7(18)12(14,15)16/h1-5H3. The van der Waals surface area contributed by atoms with E-state index in [1.54, 1.807) is 0 Å². The lowest BCUT2D eigenvalue weighted by Crippen LogP contribution is -2.41. The predicted octanol–water partition coefficient (Wildman–Crippen LogP) is 2.50. The lowest BCUT2D eigenvalue weighted by atomic mass is 9.86. The van der Waals surface area contributed by atoms with Crippen LogP contribution < -0.4 is 4.78 Å². The highest BCUT2D eigenvalue weighted by Crippen LogP contribution is 2.37. The number of ketones is 1. The molecule has 0 spiro atoms. The van der Waals surface area contributed by atoms with E-state index in [0.29, 0.717) is 21.8 Å². The van der Waals surface area contributed by atoms with E-state index in [2.05, 4.69) is 4.98 Å². The van der Waals surface area contributed by atoms with Gasteiger partial charge in [-0.15, -0.1) is 11.3 Å². The van der Waals surface area contributed by atoms with Crippen molar-refractivity contribution in [1.29, 1.82) is 0 Å². The van der Waals surface area contributed by atoms with E-state index in [1.807, 2.05) is 27.7 Å². The molecule has 0 radical (unpaired) electrons. The fourth-order valence-electron chi connectivity index (χ4n) is 1.80. The molecule has 2 heterocycles. The zero-order chi connectivity index (χ0) is 16.2. The van der Waals surface area contributed by atoms with Gasteiger partial charge in [0.25, 0.3) is 5.78 Å². The van der Waals surface area contributed by atoms with Crippen LogP contribution in [0, 0.1) is 6.92 Å². The molecule has 4 nitrogen and oxygen atoms in total. The summed E-state index contributed by atoms with van der Waals surface area (Å²) in [6, 6.07) is 0. The first-order valence-electron chi connectivity index (χ1n) is 6.29. The summed E-state index contributed by atoms with van der Waals surface area (Å²) in [4.78, 5) is 14.9. The molecule has 1 saturated heterocycles. The molecular formula is C12H15BF3NO3S. The van der Waals surface area contributed by atoms with Gasteiger partial charge in [0, 0.05) is 5.69 Å². The van der Waals surface area contributed by atoms with E-state index in [9.17, 15) is 18.0 Å². The average Bonchev–Trinajstić information content (AvgIpc) is 2.75. The van der Waals surface area contributed by atoms with Crippen molar-refractivity contribution in [2.45, 2.75) is 52.0 Å². The molecule has 0 aromatic carbocycles. The van der Waals surface area contributed by atoms with Gasteiger partial charge in [-0.05, 0) is 34.6 Å². The number of thiazole rings is 1. The van der Waals surface area contributed by atoms with Crippen LogP contribution in [0.5, 0.6) is 0 Å². The fraction of sp³-hybridized carbons (Fsp3) is 0.667. The monoisotopic (exact) mass is 321 g/mol. The molecule has 1 fully saturated rings. The first-order chi connectivity index (χ1) is 9.35. The Morgan fingerprint density at radius 1 is 1.19 bits per heavy atom. The number of carbonyl (C=O) groups is 1. The molecule has 9 heteroatoms. The minimum Gasteiger partial charge on any atom is -0.399 e. The number of rotatable bonds is 2. The molecule has 1 aromatic heterocycles. The molecular weight excluding hydrogens is 306 g/mol. The Morgan fingerprint density at radius 3 is 2.10 bits per heavy atom. The summed E-state index contributed by atoms with van der Waals surface area (Å²) in [7, 11) is -0.817. The minimum absolute atomic E-state index is 0.311. The highest BCUT2D eigenvalue weighted by Gasteiger charge is 2.53. The molecule has 2 rings (SSSR count). The first-order valence-corrected chi connectivity index (χ1v) is 7.11. The van der Waals surface area contributed by atoms with E-state index >= 15 is 0 Å². The molecule has 1 aromatic rings. The summed E-state index contributed by atoms with van der Waals surface area (Å²) >= 11 is 0.663. The molecule has 1 aliphatic rings. The third-order valence-corrected chi connectivity index (χ3v) is 4.93. The van der Waals surface area contributed by atoms with Gasteiger partial charge in [0.05, 0.1) is 16.0 Å². The summed E-state index contributed by atoms with van der Waals surface area (Å²) in [5.41, 5.74) is -0.906. The van der Waals surface area contributed by atoms with Crippen molar-refractivity contribution in [2.75, 3.05) is 0 Å². The zero-order valence-corrected chi connectivity index (χ0v) is 13.1. The van der Waals surface area contributed by atoms with Gasteiger partial charge >= 0.3 is 13.3 Å². The largest absolute Gasteiger partial charge is 0.507 e. The molecule has 1 aliphatic heterocycles. The lowest BCUT2D eigenvalue weighted by molar-refractivity contribution is -0.0885. The molecule has 0 saturated carbocycles. The van der Waals surface area contributed by atoms with Crippen LogP contribution in [0.4, 0.5) is 13.2 Å². The highest BCUT2D eigenvalue weighted by molar-refractivity contribution is 7.23. The number of hydrogen-bond acceptors (Lipinski definition) is 5. The number of halogens is 3. The zero-order valence-electron chi connectivity index (χ0n) is 12.3. The molecule has 116 valence electrons. The van der Waals surface area contributed by atoms with Crippen LogP contribution in [0.1, 0.15) is 43.2 Å². The van der Waals surface area contributed by atoms with Crippen molar-refractivity contribution in [3.63, 3.8) is 0 Å². The van der Waals surface area contributed by atoms with E-state index in [1.165, 1.54) is 6.92 Å². The smallest absolute Gasteiger partial charge is 0.399 e. The number of hydrogen-bond donors (Lipinski definition) is 0. The van der Waals surface area contributed by atoms with E-state index in [0.717, 1.165) is 0 Å². The maximum Gasteiger partial charge on any atom is 0.507 e. The van der Waals surface area contributed by atoms with Gasteiger partial charge in [-0.3, -0.25) is 4.79 Å². The Labute approximate surface area is 124 Å². The van der Waals surface area contributed by atoms with Crippen LogP contribution in [-0.2, 0) is 9.31 Å². The minimum atomic E-state index is -4.93. The quantitative estimate of drug-likeness (QED) is 0.620. The molecule has 0 bridgehead atoms. The summed E-state index contributed by atoms with van der Waals surface area (Å²) in [5, 5.41) is -0.593. The third-order valence-electron chi connectivity index (χ3n) is 3.75. The Hall–Kier alpha value is -0.925. The second kappa shape index (κ2) is 4.79. The number of carbonyl (C=O) groups excluding carboxylic acids is 1. The van der Waals surface area contributed by atoms with Crippen molar-refractivity contribution < 1.29 is 27.3 Å². The van der Waals surface area contributed by atoms with Crippen molar-refractivity contribution in [2.24, 2.45) is 0 Å². The highest BCUT2D eigenvalue weighted by atomic mass is 32.1. The Kier molecular flexibility index (Phi) is 3.75. The van der Waals surface area contributed by atoms with Crippen LogP contribution in [0.25, 0.3) is 0 Å². The van der Waals surface area contributed by atoms with Gasteiger partial charge in [0.15, 0.2) is 5.01 Å². The van der Waals surface area contributed by atoms with Crippen LogP contribution in [0.15, 0.2) is 0 Å². The number of alkyl halides is 3. The Balaban J connectivity index is 2.32. The van der Waals surface area contributed by atoms with E-state index in [4.69, 9.17) is 9.31 Å². The maximum absolute atomic E-state index is 12.5. The van der Waals surface area contributed by atoms with Crippen LogP contribution >= 0.6 is 11.3 Å². The average molecular weight is 321 g/mol. The van der Waals surface area contributed by atoms with Gasteiger partial charge in [-0.2, -0.15) is 13.2 Å². The summed E-state index contributed by atoms with van der Waals surface area (Å²) < 4.78 is 49.3. The van der Waals surface area contributed by atoms with Crippen molar-refractivity contribution in [3.05, 3.63) is 10.7 Å². The van der Waals surface area contributed by atoms with E-state index < -0.39 is 35.3 Å². The van der Waals surface area contributed by atoms with Gasteiger partial charge in [0.1, 0.15) is 0 Å². The van der Waals surface area contributed by atoms with Crippen LogP contribution in [0.2, 0.25) is 0 Å². The second-order valence-corrected chi connectivity index (χ2v) is 6.91. The van der Waals surface area contributed by atoms with Crippen molar-refractivity contribution in [3.8, 4) is 0 Å². The third kappa shape index (κ3) is 2.86. The van der Waals surface area contributed by atoms with Gasteiger partial charge in [-0.1, -0.05) is 0 Å². The number of aromatic nitrogens is 1. The summed E-state index contributed by atoms with van der Waals surface area (Å²) in [6.45, 7) is 8.89. The predicted molar refractivity (Wildman–Crippen MR) is 73.0 cm³/mol. The molecule has 0 amide bonds. The number of aryl methyl sites for hydroxylation is 1. The number of Topliss-reactive ketones (excluding diaryl/α,β-unsaturated/α-hetero) is 1. The van der Waals surface area contributed by atoms with Crippen LogP contribution in [0.3, 0.4) is 0 Å². The molecule has 0 N–H and O–H groups in total. The number of nitrogens with zero attached hydrogens (tertiary/aromatic N) is 1. The topological polar surface area (TPSA) is 48.4 Å². The molecule has 0 aliphatic carbocycles. The SMILES string of the molecule is Cc1nc(C(=O)C(F)(F)F)sc1B1OC(C)(C)C(C)(C)O1. The van der Waals surface area contributed by atoms with Gasteiger partial charge in [0.2, 0.25) is 0 Å². The maximum atomic E-state index is 12.5. The Morgan fingerprint density at radius 2 is 1.67 bits per heavy atom. The van der Waals surface area contributed by atoms with E-state index in [-0.39, 0.29) is 0 Å². The molecule has 21 heavy (non-hydrogen) atoms. The Bertz CT molecular complexity index is 567. The fourth-order valence-corrected chi connectivity index (χ4v) is 2.78. The lowest BCUT2D eigenvalue weighted by Gasteiger charge is -2.32. The molecule has 0 atom stereocenters. The van der Waals surface area contributed by atoms with Crippen LogP contribution in [-0.4, -0.2) is 35.3 Å². The first kappa shape index (κ1) is 16.4. The summed E-state index contributed by atoms with van der Waals surface area (Å²) in [5.74, 6) is -1.95. The normalized spacial score (nSPS) is 20.9. The van der Waals surface area contributed by atoms with Gasteiger partial charge < -0.3 is 9.31 Å². The van der Waals surface area contributed by atoms with Gasteiger partial charge in [-0.25, -0.2) is 4.98 Å².